The van der Waals surface area contributed by atoms with Gasteiger partial charge >= 0.3 is 0 Å². The molecule has 0 aromatic heterocycles. The molecule has 1 fully saturated rings. The molecule has 0 spiro atoms. The van der Waals surface area contributed by atoms with Crippen LogP contribution >= 0.6 is 0 Å². The van der Waals surface area contributed by atoms with Gasteiger partial charge in [-0.1, -0.05) is 6.08 Å². The van der Waals surface area contributed by atoms with Gasteiger partial charge in [0.2, 0.25) is 0 Å². The monoisotopic (exact) mass is 127 g/mol. The summed E-state index contributed by atoms with van der Waals surface area (Å²) in [6.07, 6.45) is 2.94. The molecule has 0 aliphatic carbocycles. The highest BCUT2D eigenvalue weighted by Gasteiger charge is 2.09. The largest absolute Gasteiger partial charge is 0.379 e. The fraction of sp³-hybridized carbons (Fsp3) is 0.714. The normalized spacial score (nSPS) is 27.8. The first-order chi connectivity index (χ1) is 4.43. The minimum absolute atomic E-state index is 0.510. The van der Waals surface area contributed by atoms with E-state index >= 15 is 0 Å². The van der Waals surface area contributed by atoms with Crippen LogP contribution in [0.25, 0.3) is 0 Å². The van der Waals surface area contributed by atoms with Crippen molar-refractivity contribution in [3.8, 4) is 0 Å². The van der Waals surface area contributed by atoms with Gasteiger partial charge in [0.15, 0.2) is 0 Å². The summed E-state index contributed by atoms with van der Waals surface area (Å²) in [6, 6.07) is 0.510. The third-order valence-corrected chi connectivity index (χ3v) is 1.45. The average Bonchev–Trinajstić information content (AvgIpc) is 1.91. The van der Waals surface area contributed by atoms with Crippen LogP contribution in [0.5, 0.6) is 0 Å². The molecule has 0 amide bonds. The van der Waals surface area contributed by atoms with Gasteiger partial charge in [-0.05, 0) is 6.42 Å². The predicted molar refractivity (Wildman–Crippen MR) is 37.4 cm³/mol. The Labute approximate surface area is 55.9 Å². The van der Waals surface area contributed by atoms with Gasteiger partial charge in [-0.3, -0.25) is 0 Å². The van der Waals surface area contributed by atoms with Gasteiger partial charge in [0.1, 0.15) is 0 Å². The van der Waals surface area contributed by atoms with Crippen LogP contribution in [0.3, 0.4) is 0 Å². The molecule has 1 aliphatic rings. The summed E-state index contributed by atoms with van der Waals surface area (Å²) in [6.45, 7) is 6.34. The summed E-state index contributed by atoms with van der Waals surface area (Å²) in [7, 11) is 0. The maximum absolute atomic E-state index is 5.22. The van der Waals surface area contributed by atoms with E-state index in [4.69, 9.17) is 4.74 Å². The molecular formula is C7H13NO. The fourth-order valence-corrected chi connectivity index (χ4v) is 0.972. The standard InChI is InChI=1S/C7H13NO/c1-2-3-7-6-9-5-4-8-7/h2,7-8H,1,3-6H2/t7-/m0/s1. The molecule has 0 saturated carbocycles. The lowest BCUT2D eigenvalue weighted by atomic mass is 10.2. The Morgan fingerprint density at radius 2 is 2.67 bits per heavy atom. The molecule has 1 atom stereocenters. The van der Waals surface area contributed by atoms with Crippen molar-refractivity contribution in [2.24, 2.45) is 0 Å². The molecule has 9 heavy (non-hydrogen) atoms. The zero-order chi connectivity index (χ0) is 6.53. The quantitative estimate of drug-likeness (QED) is 0.547. The van der Waals surface area contributed by atoms with E-state index in [0.29, 0.717) is 6.04 Å². The number of nitrogens with one attached hydrogen (secondary N) is 1. The summed E-state index contributed by atoms with van der Waals surface area (Å²) >= 11 is 0. The van der Waals surface area contributed by atoms with Crippen molar-refractivity contribution in [3.63, 3.8) is 0 Å². The van der Waals surface area contributed by atoms with Gasteiger partial charge in [-0.15, -0.1) is 6.58 Å². The van der Waals surface area contributed by atoms with Gasteiger partial charge in [0.25, 0.3) is 0 Å². The van der Waals surface area contributed by atoms with Gasteiger partial charge in [-0.25, -0.2) is 0 Å². The van der Waals surface area contributed by atoms with Crippen LogP contribution in [0.2, 0.25) is 0 Å². The molecule has 52 valence electrons. The number of rotatable bonds is 2. The number of morpholine rings is 1. The van der Waals surface area contributed by atoms with E-state index in [0.717, 1.165) is 26.2 Å². The summed E-state index contributed by atoms with van der Waals surface area (Å²) in [5.41, 5.74) is 0. The van der Waals surface area contributed by atoms with Crippen LogP contribution in [-0.4, -0.2) is 25.8 Å². The minimum atomic E-state index is 0.510. The van der Waals surface area contributed by atoms with Gasteiger partial charge < -0.3 is 10.1 Å². The fourth-order valence-electron chi connectivity index (χ4n) is 0.972. The van der Waals surface area contributed by atoms with Crippen LogP contribution in [0.4, 0.5) is 0 Å². The van der Waals surface area contributed by atoms with Crippen molar-refractivity contribution in [1.82, 2.24) is 5.32 Å². The summed E-state index contributed by atoms with van der Waals surface area (Å²) in [4.78, 5) is 0. The average molecular weight is 127 g/mol. The molecule has 0 radical (unpaired) electrons. The highest BCUT2D eigenvalue weighted by Crippen LogP contribution is 1.97. The van der Waals surface area contributed by atoms with Crippen LogP contribution in [0.15, 0.2) is 12.7 Å². The van der Waals surface area contributed by atoms with Crippen molar-refractivity contribution in [1.29, 1.82) is 0 Å². The van der Waals surface area contributed by atoms with Crippen LogP contribution in [0, 0.1) is 0 Å². The highest BCUT2D eigenvalue weighted by atomic mass is 16.5. The topological polar surface area (TPSA) is 21.3 Å². The van der Waals surface area contributed by atoms with Gasteiger partial charge in [-0.2, -0.15) is 0 Å². The van der Waals surface area contributed by atoms with E-state index in [1.54, 1.807) is 0 Å². The van der Waals surface area contributed by atoms with Crippen molar-refractivity contribution in [2.45, 2.75) is 12.5 Å². The minimum Gasteiger partial charge on any atom is -0.379 e. The Morgan fingerprint density at radius 3 is 3.22 bits per heavy atom. The third kappa shape index (κ3) is 2.16. The number of ether oxygens (including phenoxy) is 1. The van der Waals surface area contributed by atoms with E-state index in [1.807, 2.05) is 6.08 Å². The van der Waals surface area contributed by atoms with Crippen molar-refractivity contribution in [2.75, 3.05) is 19.8 Å². The second-order valence-electron chi connectivity index (χ2n) is 2.25. The van der Waals surface area contributed by atoms with Crippen molar-refractivity contribution >= 4 is 0 Å². The molecule has 0 unspecified atom stereocenters. The lowest BCUT2D eigenvalue weighted by Gasteiger charge is -2.22. The number of hydrogen-bond acceptors (Lipinski definition) is 2. The molecule has 0 aromatic rings. The summed E-state index contributed by atoms with van der Waals surface area (Å²) in [5.74, 6) is 0. The Hall–Kier alpha value is -0.340. The van der Waals surface area contributed by atoms with E-state index < -0.39 is 0 Å². The van der Waals surface area contributed by atoms with Crippen LogP contribution in [-0.2, 0) is 4.74 Å². The Balaban J connectivity index is 2.15. The summed E-state index contributed by atoms with van der Waals surface area (Å²) in [5, 5.41) is 3.32. The smallest absolute Gasteiger partial charge is 0.0623 e. The molecule has 1 aliphatic heterocycles. The molecule has 1 heterocycles. The maximum atomic E-state index is 5.22. The van der Waals surface area contributed by atoms with E-state index in [9.17, 15) is 0 Å². The second kappa shape index (κ2) is 3.64. The van der Waals surface area contributed by atoms with E-state index in [-0.39, 0.29) is 0 Å². The third-order valence-electron chi connectivity index (χ3n) is 1.45. The zero-order valence-electron chi connectivity index (χ0n) is 5.60. The maximum Gasteiger partial charge on any atom is 0.0623 e. The first-order valence-electron chi connectivity index (χ1n) is 3.35. The molecule has 1 rings (SSSR count). The Bertz CT molecular complexity index is 86.9. The first kappa shape index (κ1) is 6.78. The SMILES string of the molecule is C=CC[C@H]1COCCN1. The van der Waals surface area contributed by atoms with E-state index in [1.165, 1.54) is 0 Å². The van der Waals surface area contributed by atoms with E-state index in [2.05, 4.69) is 11.9 Å². The lowest BCUT2D eigenvalue weighted by Crippen LogP contribution is -2.40. The number of hydrogen-bond donors (Lipinski definition) is 1. The molecule has 0 aromatic carbocycles. The van der Waals surface area contributed by atoms with Gasteiger partial charge in [0.05, 0.1) is 13.2 Å². The lowest BCUT2D eigenvalue weighted by molar-refractivity contribution is 0.0778. The Morgan fingerprint density at radius 1 is 1.78 bits per heavy atom. The van der Waals surface area contributed by atoms with Crippen molar-refractivity contribution in [3.05, 3.63) is 12.7 Å². The molecule has 0 bridgehead atoms. The first-order valence-corrected chi connectivity index (χ1v) is 3.35. The van der Waals surface area contributed by atoms with Crippen LogP contribution < -0.4 is 5.32 Å². The molecule has 2 heteroatoms. The molecule has 1 saturated heterocycles. The van der Waals surface area contributed by atoms with Gasteiger partial charge in [0, 0.05) is 12.6 Å². The molecule has 1 N–H and O–H groups in total. The van der Waals surface area contributed by atoms with Crippen LogP contribution in [0.1, 0.15) is 6.42 Å². The van der Waals surface area contributed by atoms with Crippen molar-refractivity contribution < 1.29 is 4.74 Å². The second-order valence-corrected chi connectivity index (χ2v) is 2.25. The molecule has 2 nitrogen and oxygen atoms in total. The highest BCUT2D eigenvalue weighted by molar-refractivity contribution is 4.79. The molecular weight excluding hydrogens is 114 g/mol. The predicted octanol–water partition coefficient (Wildman–Crippen LogP) is 0.551. The Kier molecular flexibility index (Phi) is 2.74. The summed E-state index contributed by atoms with van der Waals surface area (Å²) < 4.78 is 5.22. The zero-order valence-corrected chi connectivity index (χ0v) is 5.60.